The molecule has 0 amide bonds. The fourth-order valence-electron chi connectivity index (χ4n) is 1.43. The molecule has 0 aliphatic rings. The Hall–Kier alpha value is -2.42. The van der Waals surface area contributed by atoms with E-state index in [0.29, 0.717) is 12.0 Å². The van der Waals surface area contributed by atoms with Gasteiger partial charge in [0, 0.05) is 6.07 Å². The lowest BCUT2D eigenvalue weighted by Gasteiger charge is -2.04. The molecule has 82 valence electrons. The van der Waals surface area contributed by atoms with E-state index >= 15 is 0 Å². The molecule has 0 heterocycles. The number of hydrogen-bond acceptors (Lipinski definition) is 4. The summed E-state index contributed by atoms with van der Waals surface area (Å²) >= 11 is 0. The molecule has 6 heteroatoms. The smallest absolute Gasteiger partial charge is 0.344 e. The van der Waals surface area contributed by atoms with Crippen LogP contribution in [-0.2, 0) is 6.42 Å². The zero-order valence-electron chi connectivity index (χ0n) is 8.43. The second kappa shape index (κ2) is 4.40. The van der Waals surface area contributed by atoms with Crippen LogP contribution in [0.3, 0.4) is 0 Å². The highest BCUT2D eigenvalue weighted by Gasteiger charge is 2.25. The van der Waals surface area contributed by atoms with Crippen molar-refractivity contribution in [1.82, 2.24) is 0 Å². The van der Waals surface area contributed by atoms with Gasteiger partial charge in [-0.25, -0.2) is 4.79 Å². The van der Waals surface area contributed by atoms with E-state index in [9.17, 15) is 14.9 Å². The third kappa shape index (κ3) is 1.83. The lowest BCUT2D eigenvalue weighted by molar-refractivity contribution is -0.385. The van der Waals surface area contributed by atoms with Gasteiger partial charge < -0.3 is 5.11 Å². The molecule has 0 aliphatic carbocycles. The van der Waals surface area contributed by atoms with Crippen LogP contribution >= 0.6 is 0 Å². The number of benzene rings is 1. The predicted octanol–water partition coefficient (Wildman–Crippen LogP) is 1.73. The molecule has 1 rings (SSSR count). The van der Waals surface area contributed by atoms with Crippen LogP contribution < -0.4 is 0 Å². The Labute approximate surface area is 90.9 Å². The van der Waals surface area contributed by atoms with Crippen molar-refractivity contribution in [3.63, 3.8) is 0 Å². The van der Waals surface area contributed by atoms with E-state index < -0.39 is 22.1 Å². The van der Waals surface area contributed by atoms with E-state index in [0.717, 1.165) is 6.07 Å². The minimum atomic E-state index is -1.46. The average molecular weight is 220 g/mol. The summed E-state index contributed by atoms with van der Waals surface area (Å²) in [6.07, 6.45) is 0.446. The Morgan fingerprint density at radius 2 is 2.25 bits per heavy atom. The van der Waals surface area contributed by atoms with Crippen LogP contribution in [0.5, 0.6) is 0 Å². The number of nitrogens with zero attached hydrogens (tertiary/aromatic N) is 2. The number of aromatic carboxylic acids is 1. The van der Waals surface area contributed by atoms with Crippen molar-refractivity contribution in [3.05, 3.63) is 38.9 Å². The Balaban J connectivity index is 3.65. The van der Waals surface area contributed by atoms with Crippen molar-refractivity contribution >= 4 is 11.7 Å². The average Bonchev–Trinajstić information content (AvgIpc) is 2.26. The molecule has 6 nitrogen and oxygen atoms in total. The number of nitro groups is 1. The van der Waals surface area contributed by atoms with Gasteiger partial charge in [-0.2, -0.15) is 5.26 Å². The molecule has 0 saturated heterocycles. The van der Waals surface area contributed by atoms with E-state index in [1.165, 1.54) is 6.07 Å². The minimum absolute atomic E-state index is 0.135. The van der Waals surface area contributed by atoms with E-state index in [1.807, 2.05) is 0 Å². The highest BCUT2D eigenvalue weighted by atomic mass is 16.6. The number of carboxylic acids is 1. The van der Waals surface area contributed by atoms with E-state index in [2.05, 4.69) is 0 Å². The molecular formula is C10H8N2O4. The Morgan fingerprint density at radius 1 is 1.62 bits per heavy atom. The number of rotatable bonds is 3. The zero-order chi connectivity index (χ0) is 12.3. The summed E-state index contributed by atoms with van der Waals surface area (Å²) in [7, 11) is 0. The molecule has 0 bridgehead atoms. The first-order valence-corrected chi connectivity index (χ1v) is 4.46. The first-order valence-electron chi connectivity index (χ1n) is 4.46. The van der Waals surface area contributed by atoms with Crippen molar-refractivity contribution < 1.29 is 14.8 Å². The molecule has 1 N–H and O–H groups in total. The summed E-state index contributed by atoms with van der Waals surface area (Å²) in [6, 6.07) is 4.23. The van der Waals surface area contributed by atoms with E-state index in [4.69, 9.17) is 10.4 Å². The predicted molar refractivity (Wildman–Crippen MR) is 54.1 cm³/mol. The van der Waals surface area contributed by atoms with Gasteiger partial charge in [-0.05, 0) is 12.0 Å². The van der Waals surface area contributed by atoms with Gasteiger partial charge >= 0.3 is 5.97 Å². The van der Waals surface area contributed by atoms with Gasteiger partial charge in [0.15, 0.2) is 5.56 Å². The molecule has 16 heavy (non-hydrogen) atoms. The first-order chi connectivity index (χ1) is 7.52. The normalized spacial score (nSPS) is 9.50. The van der Waals surface area contributed by atoms with Crippen LogP contribution in [0, 0.1) is 21.4 Å². The summed E-state index contributed by atoms with van der Waals surface area (Å²) < 4.78 is 0. The van der Waals surface area contributed by atoms with Crippen molar-refractivity contribution in [2.75, 3.05) is 0 Å². The van der Waals surface area contributed by atoms with Crippen molar-refractivity contribution in [1.29, 1.82) is 5.26 Å². The van der Waals surface area contributed by atoms with Gasteiger partial charge in [0.05, 0.1) is 10.5 Å². The Bertz CT molecular complexity index is 502. The highest BCUT2D eigenvalue weighted by molar-refractivity contribution is 5.95. The lowest BCUT2D eigenvalue weighted by Crippen LogP contribution is -2.07. The monoisotopic (exact) mass is 220 g/mol. The highest BCUT2D eigenvalue weighted by Crippen LogP contribution is 2.25. The van der Waals surface area contributed by atoms with Crippen molar-refractivity contribution in [2.45, 2.75) is 13.3 Å². The van der Waals surface area contributed by atoms with E-state index in [1.54, 1.807) is 13.0 Å². The molecule has 0 fully saturated rings. The van der Waals surface area contributed by atoms with Gasteiger partial charge in [0.2, 0.25) is 0 Å². The number of nitro benzene ring substituents is 1. The third-order valence-corrected chi connectivity index (χ3v) is 2.17. The maximum atomic E-state index is 10.9. The fourth-order valence-corrected chi connectivity index (χ4v) is 1.43. The molecule has 0 aromatic heterocycles. The van der Waals surface area contributed by atoms with Crippen LogP contribution in [0.25, 0.3) is 0 Å². The molecule has 0 unspecified atom stereocenters. The van der Waals surface area contributed by atoms with Gasteiger partial charge in [0.1, 0.15) is 6.07 Å². The van der Waals surface area contributed by atoms with E-state index in [-0.39, 0.29) is 5.56 Å². The lowest BCUT2D eigenvalue weighted by atomic mass is 9.98. The zero-order valence-corrected chi connectivity index (χ0v) is 8.43. The summed E-state index contributed by atoms with van der Waals surface area (Å²) in [5.41, 5.74) is -0.734. The van der Waals surface area contributed by atoms with Crippen LogP contribution in [0.1, 0.15) is 28.4 Å². The molecule has 0 saturated carbocycles. The van der Waals surface area contributed by atoms with Crippen LogP contribution in [0.4, 0.5) is 5.69 Å². The maximum absolute atomic E-state index is 10.9. The second-order valence-electron chi connectivity index (χ2n) is 3.02. The van der Waals surface area contributed by atoms with Gasteiger partial charge in [-0.15, -0.1) is 0 Å². The maximum Gasteiger partial charge on any atom is 0.344 e. The Kier molecular flexibility index (Phi) is 3.20. The topological polar surface area (TPSA) is 104 Å². The fraction of sp³-hybridized carbons (Fsp3) is 0.200. The van der Waals surface area contributed by atoms with Gasteiger partial charge in [-0.3, -0.25) is 10.1 Å². The largest absolute Gasteiger partial charge is 0.477 e. The first kappa shape index (κ1) is 11.7. The van der Waals surface area contributed by atoms with Crippen LogP contribution in [0.15, 0.2) is 12.1 Å². The summed E-state index contributed by atoms with van der Waals surface area (Å²) in [5.74, 6) is -1.46. The molecule has 0 atom stereocenters. The standard InChI is InChI=1S/C10H8N2O4/c1-2-6-3-4-8(12(15)16)9(10(13)14)7(6)5-11/h3-4H,2H2,1H3,(H,13,14). The van der Waals surface area contributed by atoms with Crippen molar-refractivity contribution in [3.8, 4) is 6.07 Å². The second-order valence-corrected chi connectivity index (χ2v) is 3.02. The molecule has 0 spiro atoms. The minimum Gasteiger partial charge on any atom is -0.477 e. The number of nitriles is 1. The van der Waals surface area contributed by atoms with Crippen LogP contribution in [0.2, 0.25) is 0 Å². The van der Waals surface area contributed by atoms with Gasteiger partial charge in [0.25, 0.3) is 5.69 Å². The summed E-state index contributed by atoms with van der Waals surface area (Å²) in [4.78, 5) is 20.7. The van der Waals surface area contributed by atoms with Crippen molar-refractivity contribution in [2.24, 2.45) is 0 Å². The number of aryl methyl sites for hydroxylation is 1. The quantitative estimate of drug-likeness (QED) is 0.616. The molecule has 0 radical (unpaired) electrons. The SMILES string of the molecule is CCc1ccc([N+](=O)[O-])c(C(=O)O)c1C#N. The van der Waals surface area contributed by atoms with Crippen LogP contribution in [-0.4, -0.2) is 16.0 Å². The molecule has 0 aliphatic heterocycles. The molecule has 1 aromatic carbocycles. The number of hydrogen-bond donors (Lipinski definition) is 1. The summed E-state index contributed by atoms with van der Waals surface area (Å²) in [5, 5.41) is 28.4. The number of carbonyl (C=O) groups is 1. The third-order valence-electron chi connectivity index (χ3n) is 2.17. The summed E-state index contributed by atoms with van der Waals surface area (Å²) in [6.45, 7) is 1.74. The molecule has 1 aromatic rings. The Morgan fingerprint density at radius 3 is 2.62 bits per heavy atom. The van der Waals surface area contributed by atoms with Gasteiger partial charge in [-0.1, -0.05) is 13.0 Å². The molecular weight excluding hydrogens is 212 g/mol. The number of carboxylic acid groups (broad SMARTS) is 1.